The zero-order valence-corrected chi connectivity index (χ0v) is 14.8. The summed E-state index contributed by atoms with van der Waals surface area (Å²) in [4.78, 5) is 11.8. The van der Waals surface area contributed by atoms with Gasteiger partial charge < -0.3 is 18.8 Å². The van der Waals surface area contributed by atoms with E-state index in [1.54, 1.807) is 19.2 Å². The van der Waals surface area contributed by atoms with Gasteiger partial charge in [-0.1, -0.05) is 6.07 Å². The number of carbonyl (C=O) groups excluding carboxylic acids is 1. The number of hydrogen-bond donors (Lipinski definition) is 0. The molecule has 0 atom stereocenters. The molecule has 1 saturated heterocycles. The summed E-state index contributed by atoms with van der Waals surface area (Å²) in [7, 11) is 2.52. The number of carbonyl (C=O) groups is 1. The fourth-order valence-corrected chi connectivity index (χ4v) is 2.47. The Kier molecular flexibility index (Phi) is 5.18. The summed E-state index contributed by atoms with van der Waals surface area (Å²) in [6.45, 7) is 8.61. The molecule has 0 amide bonds. The van der Waals surface area contributed by atoms with E-state index in [-0.39, 0.29) is 5.97 Å². The summed E-state index contributed by atoms with van der Waals surface area (Å²) in [6, 6.07) is 5.45. The molecule has 0 unspecified atom stereocenters. The van der Waals surface area contributed by atoms with Gasteiger partial charge in [-0.2, -0.15) is 0 Å². The molecule has 126 valence electrons. The lowest BCUT2D eigenvalue weighted by Gasteiger charge is -2.32. The largest absolute Gasteiger partial charge is 0.495 e. The van der Waals surface area contributed by atoms with Crippen LogP contribution < -0.4 is 5.46 Å². The molecule has 0 spiro atoms. The van der Waals surface area contributed by atoms with Crippen LogP contribution >= 0.6 is 0 Å². The van der Waals surface area contributed by atoms with E-state index in [0.29, 0.717) is 12.2 Å². The van der Waals surface area contributed by atoms with Crippen molar-refractivity contribution in [1.82, 2.24) is 0 Å². The summed E-state index contributed by atoms with van der Waals surface area (Å²) < 4.78 is 22.2. The van der Waals surface area contributed by atoms with Crippen LogP contribution in [0.5, 0.6) is 0 Å². The third-order valence-electron chi connectivity index (χ3n) is 4.65. The standard InChI is InChI=1S/C17H25BO5/c1-16(2)17(3,4)23-18(22-16)14-11-13(15(19)21-6)8-7-12(14)9-10-20-5/h7-8,11H,9-10H2,1-6H3. The van der Waals surface area contributed by atoms with E-state index >= 15 is 0 Å². The van der Waals surface area contributed by atoms with Crippen LogP contribution in [0.4, 0.5) is 0 Å². The third kappa shape index (κ3) is 3.60. The van der Waals surface area contributed by atoms with Gasteiger partial charge in [0.1, 0.15) is 0 Å². The molecule has 2 rings (SSSR count). The Labute approximate surface area is 138 Å². The minimum absolute atomic E-state index is 0.374. The van der Waals surface area contributed by atoms with Gasteiger partial charge >= 0.3 is 13.1 Å². The number of esters is 1. The molecule has 6 heteroatoms. The van der Waals surface area contributed by atoms with Crippen molar-refractivity contribution in [2.45, 2.75) is 45.3 Å². The summed E-state index contributed by atoms with van der Waals surface area (Å²) in [5, 5.41) is 0. The van der Waals surface area contributed by atoms with Crippen LogP contribution in [0.3, 0.4) is 0 Å². The summed E-state index contributed by atoms with van der Waals surface area (Å²) >= 11 is 0. The van der Waals surface area contributed by atoms with Crippen LogP contribution in [0.2, 0.25) is 0 Å². The molecule has 0 bridgehead atoms. The van der Waals surface area contributed by atoms with Crippen molar-refractivity contribution in [2.24, 2.45) is 0 Å². The molecule has 0 saturated carbocycles. The molecular weight excluding hydrogens is 295 g/mol. The van der Waals surface area contributed by atoms with Crippen molar-refractivity contribution in [1.29, 1.82) is 0 Å². The Morgan fingerprint density at radius 3 is 2.26 bits per heavy atom. The average molecular weight is 320 g/mol. The monoisotopic (exact) mass is 320 g/mol. The number of methoxy groups -OCH3 is 2. The molecule has 1 aromatic rings. The minimum Gasteiger partial charge on any atom is -0.465 e. The third-order valence-corrected chi connectivity index (χ3v) is 4.65. The molecule has 5 nitrogen and oxygen atoms in total. The minimum atomic E-state index is -0.517. The Hall–Kier alpha value is -1.37. The highest BCUT2D eigenvalue weighted by atomic mass is 16.7. The average Bonchev–Trinajstić information content (AvgIpc) is 2.72. The van der Waals surface area contributed by atoms with Crippen molar-refractivity contribution >= 4 is 18.6 Å². The maximum atomic E-state index is 11.8. The zero-order chi connectivity index (χ0) is 17.3. The van der Waals surface area contributed by atoms with Gasteiger partial charge in [0, 0.05) is 7.11 Å². The van der Waals surface area contributed by atoms with Gasteiger partial charge in [0.15, 0.2) is 0 Å². The van der Waals surface area contributed by atoms with Gasteiger partial charge in [-0.05, 0) is 57.3 Å². The first kappa shape index (κ1) is 18.0. The van der Waals surface area contributed by atoms with Crippen molar-refractivity contribution in [3.63, 3.8) is 0 Å². The highest BCUT2D eigenvalue weighted by Gasteiger charge is 2.52. The van der Waals surface area contributed by atoms with Gasteiger partial charge in [0.2, 0.25) is 0 Å². The van der Waals surface area contributed by atoms with E-state index in [2.05, 4.69) is 0 Å². The van der Waals surface area contributed by atoms with Crippen molar-refractivity contribution in [3.05, 3.63) is 29.3 Å². The molecule has 23 heavy (non-hydrogen) atoms. The number of rotatable bonds is 5. The van der Waals surface area contributed by atoms with Crippen LogP contribution in [-0.4, -0.2) is 45.1 Å². The molecule has 0 radical (unpaired) electrons. The van der Waals surface area contributed by atoms with E-state index in [1.807, 2.05) is 33.8 Å². The van der Waals surface area contributed by atoms with E-state index in [4.69, 9.17) is 18.8 Å². The predicted octanol–water partition coefficient (Wildman–Crippen LogP) is 1.96. The van der Waals surface area contributed by atoms with Crippen LogP contribution in [0.15, 0.2) is 18.2 Å². The maximum Gasteiger partial charge on any atom is 0.495 e. The van der Waals surface area contributed by atoms with Crippen molar-refractivity contribution < 1.29 is 23.6 Å². The Balaban J connectivity index is 2.39. The predicted molar refractivity (Wildman–Crippen MR) is 89.1 cm³/mol. The van der Waals surface area contributed by atoms with E-state index in [1.165, 1.54) is 7.11 Å². The second-order valence-electron chi connectivity index (χ2n) is 6.74. The topological polar surface area (TPSA) is 54.0 Å². The lowest BCUT2D eigenvalue weighted by atomic mass is 9.74. The van der Waals surface area contributed by atoms with E-state index in [9.17, 15) is 4.79 Å². The lowest BCUT2D eigenvalue weighted by Crippen LogP contribution is -2.41. The van der Waals surface area contributed by atoms with Crippen LogP contribution in [0, 0.1) is 0 Å². The highest BCUT2D eigenvalue weighted by molar-refractivity contribution is 6.62. The molecular formula is C17H25BO5. The molecule has 1 aliphatic heterocycles. The number of benzene rings is 1. The maximum absolute atomic E-state index is 11.8. The van der Waals surface area contributed by atoms with Gasteiger partial charge in [-0.15, -0.1) is 0 Å². The lowest BCUT2D eigenvalue weighted by molar-refractivity contribution is 0.00578. The number of ether oxygens (including phenoxy) is 2. The second-order valence-corrected chi connectivity index (χ2v) is 6.74. The first-order valence-corrected chi connectivity index (χ1v) is 7.77. The Bertz CT molecular complexity index is 566. The zero-order valence-electron chi connectivity index (χ0n) is 14.8. The van der Waals surface area contributed by atoms with Gasteiger partial charge in [-0.3, -0.25) is 0 Å². The number of hydrogen-bond acceptors (Lipinski definition) is 5. The molecule has 0 N–H and O–H groups in total. The summed E-state index contributed by atoms with van der Waals surface area (Å²) in [5.74, 6) is -0.374. The van der Waals surface area contributed by atoms with Gasteiger partial charge in [-0.25, -0.2) is 4.79 Å². The van der Waals surface area contributed by atoms with Gasteiger partial charge in [0.25, 0.3) is 0 Å². The van der Waals surface area contributed by atoms with E-state index in [0.717, 1.165) is 17.4 Å². The van der Waals surface area contributed by atoms with Gasteiger partial charge in [0.05, 0.1) is 30.5 Å². The quantitative estimate of drug-likeness (QED) is 0.613. The second kappa shape index (κ2) is 6.63. The Morgan fingerprint density at radius 1 is 1.13 bits per heavy atom. The van der Waals surface area contributed by atoms with Crippen LogP contribution in [0.25, 0.3) is 0 Å². The normalized spacial score (nSPS) is 19.0. The molecule has 0 aromatic heterocycles. The molecule has 1 aromatic carbocycles. The highest BCUT2D eigenvalue weighted by Crippen LogP contribution is 2.36. The first-order valence-electron chi connectivity index (χ1n) is 7.77. The van der Waals surface area contributed by atoms with E-state index < -0.39 is 18.3 Å². The fourth-order valence-electron chi connectivity index (χ4n) is 2.47. The smallest absolute Gasteiger partial charge is 0.465 e. The van der Waals surface area contributed by atoms with Crippen molar-refractivity contribution in [3.8, 4) is 0 Å². The van der Waals surface area contributed by atoms with Crippen LogP contribution in [-0.2, 0) is 25.2 Å². The molecule has 1 heterocycles. The molecule has 0 aliphatic carbocycles. The summed E-state index contributed by atoms with van der Waals surface area (Å²) in [5.41, 5.74) is 1.51. The summed E-state index contributed by atoms with van der Waals surface area (Å²) in [6.07, 6.45) is 0.720. The van der Waals surface area contributed by atoms with Crippen LogP contribution in [0.1, 0.15) is 43.6 Å². The SMILES string of the molecule is COCCc1ccc(C(=O)OC)cc1B1OC(C)(C)C(C)(C)O1. The fraction of sp³-hybridized carbons (Fsp3) is 0.588. The van der Waals surface area contributed by atoms with Crippen molar-refractivity contribution in [2.75, 3.05) is 20.8 Å². The molecule has 1 aliphatic rings. The Morgan fingerprint density at radius 2 is 1.74 bits per heavy atom. The molecule has 1 fully saturated rings. The first-order chi connectivity index (χ1) is 10.7.